The van der Waals surface area contributed by atoms with Gasteiger partial charge in [-0.3, -0.25) is 0 Å². The third-order valence-corrected chi connectivity index (χ3v) is 6.64. The summed E-state index contributed by atoms with van der Waals surface area (Å²) in [6.07, 6.45) is 5.59. The smallest absolute Gasteiger partial charge is 0.0212 e. The molecule has 0 amide bonds. The lowest BCUT2D eigenvalue weighted by Gasteiger charge is -2.40. The number of hydrogen-bond acceptors (Lipinski definition) is 3. The minimum Gasteiger partial charge on any atom is -0.310 e. The molecule has 1 saturated carbocycles. The molecule has 3 unspecified atom stereocenters. The number of hydrogen-bond donors (Lipinski definition) is 1. The average molecular weight is 274 g/mol. The van der Waals surface area contributed by atoms with Gasteiger partial charge in [-0.15, -0.1) is 0 Å². The lowest BCUT2D eigenvalue weighted by Crippen LogP contribution is -2.50. The van der Waals surface area contributed by atoms with Gasteiger partial charge in [0.15, 0.2) is 0 Å². The Morgan fingerprint density at radius 3 is 2.88 bits per heavy atom. The Kier molecular flexibility index (Phi) is 5.14. The van der Waals surface area contributed by atoms with E-state index in [1.807, 2.05) is 0 Å². The second-order valence-corrected chi connectivity index (χ2v) is 8.85. The van der Waals surface area contributed by atoms with E-state index in [-0.39, 0.29) is 0 Å². The zero-order valence-corrected chi connectivity index (χ0v) is 13.1. The second kappa shape index (κ2) is 6.21. The zero-order chi connectivity index (χ0) is 12.3. The lowest BCUT2D eigenvalue weighted by atomic mass is 9.82. The molecule has 0 spiro atoms. The van der Waals surface area contributed by atoms with E-state index in [0.29, 0.717) is 5.41 Å². The quantitative estimate of drug-likeness (QED) is 0.837. The predicted molar refractivity (Wildman–Crippen MR) is 82.2 cm³/mol. The van der Waals surface area contributed by atoms with Gasteiger partial charge in [0.2, 0.25) is 0 Å². The van der Waals surface area contributed by atoms with E-state index in [0.717, 1.165) is 17.3 Å². The highest BCUT2D eigenvalue weighted by atomic mass is 32.2. The van der Waals surface area contributed by atoms with Crippen molar-refractivity contribution in [2.24, 2.45) is 5.41 Å². The molecular formula is C14H27NS2. The highest BCUT2D eigenvalue weighted by Crippen LogP contribution is 2.36. The molecule has 1 aliphatic heterocycles. The molecule has 1 heterocycles. The SMILES string of the molecule is CCSC1CCC(NC2CSCCC2(C)C)C1. The molecule has 1 nitrogen and oxygen atoms in total. The highest BCUT2D eigenvalue weighted by molar-refractivity contribution is 7.99. The van der Waals surface area contributed by atoms with Crippen molar-refractivity contribution in [3.05, 3.63) is 0 Å². The first-order chi connectivity index (χ1) is 8.12. The molecule has 1 saturated heterocycles. The molecule has 2 aliphatic rings. The minimum atomic E-state index is 0.501. The van der Waals surface area contributed by atoms with Crippen LogP contribution in [0.1, 0.15) is 46.5 Å². The lowest BCUT2D eigenvalue weighted by molar-refractivity contribution is 0.228. The van der Waals surface area contributed by atoms with Gasteiger partial charge in [-0.25, -0.2) is 0 Å². The summed E-state index contributed by atoms with van der Waals surface area (Å²) in [7, 11) is 0. The molecule has 2 fully saturated rings. The van der Waals surface area contributed by atoms with Crippen LogP contribution >= 0.6 is 23.5 Å². The van der Waals surface area contributed by atoms with Gasteiger partial charge in [-0.1, -0.05) is 20.8 Å². The minimum absolute atomic E-state index is 0.501. The van der Waals surface area contributed by atoms with Crippen molar-refractivity contribution in [1.29, 1.82) is 0 Å². The molecule has 17 heavy (non-hydrogen) atoms. The maximum absolute atomic E-state index is 3.96. The van der Waals surface area contributed by atoms with Crippen LogP contribution in [0.5, 0.6) is 0 Å². The molecule has 0 bridgehead atoms. The van der Waals surface area contributed by atoms with Crippen molar-refractivity contribution < 1.29 is 0 Å². The fraction of sp³-hybridized carbons (Fsp3) is 1.00. The topological polar surface area (TPSA) is 12.0 Å². The Hall–Kier alpha value is 0.660. The summed E-state index contributed by atoms with van der Waals surface area (Å²) in [5.41, 5.74) is 0.501. The van der Waals surface area contributed by atoms with E-state index in [4.69, 9.17) is 0 Å². The summed E-state index contributed by atoms with van der Waals surface area (Å²) in [6.45, 7) is 7.17. The Labute approximate surface area is 115 Å². The van der Waals surface area contributed by atoms with E-state index in [9.17, 15) is 0 Å². The first kappa shape index (κ1) is 14.1. The molecule has 3 atom stereocenters. The van der Waals surface area contributed by atoms with E-state index in [2.05, 4.69) is 49.6 Å². The van der Waals surface area contributed by atoms with Gasteiger partial charge in [0.05, 0.1) is 0 Å². The molecule has 100 valence electrons. The van der Waals surface area contributed by atoms with Gasteiger partial charge in [-0.2, -0.15) is 23.5 Å². The van der Waals surface area contributed by atoms with Crippen LogP contribution in [-0.2, 0) is 0 Å². The normalized spacial score (nSPS) is 37.2. The molecule has 3 heteroatoms. The Bertz CT molecular complexity index is 242. The Morgan fingerprint density at radius 2 is 2.18 bits per heavy atom. The molecule has 0 radical (unpaired) electrons. The third kappa shape index (κ3) is 3.81. The summed E-state index contributed by atoms with van der Waals surface area (Å²) in [6, 6.07) is 1.53. The van der Waals surface area contributed by atoms with E-state index in [1.54, 1.807) is 0 Å². The van der Waals surface area contributed by atoms with Crippen molar-refractivity contribution >= 4 is 23.5 Å². The van der Waals surface area contributed by atoms with Crippen LogP contribution in [-0.4, -0.2) is 34.6 Å². The maximum atomic E-state index is 3.96. The second-order valence-electron chi connectivity index (χ2n) is 6.12. The fourth-order valence-corrected chi connectivity index (χ4v) is 5.74. The van der Waals surface area contributed by atoms with Crippen molar-refractivity contribution in [2.45, 2.75) is 63.8 Å². The van der Waals surface area contributed by atoms with E-state index >= 15 is 0 Å². The van der Waals surface area contributed by atoms with Gasteiger partial charge in [0.1, 0.15) is 0 Å². The van der Waals surface area contributed by atoms with Crippen LogP contribution in [0, 0.1) is 5.41 Å². The van der Waals surface area contributed by atoms with Crippen LogP contribution in [0.2, 0.25) is 0 Å². The molecule has 2 rings (SSSR count). The number of thioether (sulfide) groups is 2. The number of rotatable bonds is 4. The van der Waals surface area contributed by atoms with E-state index < -0.39 is 0 Å². The standard InChI is InChI=1S/C14H27NS2/c1-4-17-12-6-5-11(9-12)15-13-10-16-8-7-14(13,2)3/h11-13,15H,4-10H2,1-3H3. The van der Waals surface area contributed by atoms with Gasteiger partial charge < -0.3 is 5.32 Å². The van der Waals surface area contributed by atoms with Gasteiger partial charge in [0.25, 0.3) is 0 Å². The summed E-state index contributed by atoms with van der Waals surface area (Å²) in [5, 5.41) is 4.89. The molecule has 0 aromatic carbocycles. The first-order valence-corrected chi connectivity index (χ1v) is 9.27. The maximum Gasteiger partial charge on any atom is 0.0212 e. The van der Waals surface area contributed by atoms with Gasteiger partial charge in [-0.05, 0) is 42.6 Å². The third-order valence-electron chi connectivity index (χ3n) is 4.34. The van der Waals surface area contributed by atoms with Crippen molar-refractivity contribution in [2.75, 3.05) is 17.3 Å². The fourth-order valence-electron chi connectivity index (χ4n) is 2.97. The van der Waals surface area contributed by atoms with Crippen LogP contribution in [0.3, 0.4) is 0 Å². The van der Waals surface area contributed by atoms with Crippen LogP contribution in [0.25, 0.3) is 0 Å². The molecule has 0 aromatic rings. The van der Waals surface area contributed by atoms with Crippen LogP contribution in [0.4, 0.5) is 0 Å². The van der Waals surface area contributed by atoms with Crippen LogP contribution < -0.4 is 5.32 Å². The van der Waals surface area contributed by atoms with Gasteiger partial charge in [0, 0.05) is 23.1 Å². The highest BCUT2D eigenvalue weighted by Gasteiger charge is 2.35. The largest absolute Gasteiger partial charge is 0.310 e. The summed E-state index contributed by atoms with van der Waals surface area (Å²) >= 11 is 4.29. The van der Waals surface area contributed by atoms with E-state index in [1.165, 1.54) is 42.9 Å². The monoisotopic (exact) mass is 273 g/mol. The Morgan fingerprint density at radius 1 is 1.35 bits per heavy atom. The van der Waals surface area contributed by atoms with Crippen LogP contribution in [0.15, 0.2) is 0 Å². The molecule has 1 N–H and O–H groups in total. The van der Waals surface area contributed by atoms with Crippen molar-refractivity contribution in [3.8, 4) is 0 Å². The predicted octanol–water partition coefficient (Wildman–Crippen LogP) is 3.78. The Balaban J connectivity index is 1.81. The van der Waals surface area contributed by atoms with Crippen molar-refractivity contribution in [3.63, 3.8) is 0 Å². The first-order valence-electron chi connectivity index (χ1n) is 7.07. The van der Waals surface area contributed by atoms with Gasteiger partial charge >= 0.3 is 0 Å². The summed E-state index contributed by atoms with van der Waals surface area (Å²) in [4.78, 5) is 0. The number of nitrogens with one attached hydrogen (secondary N) is 1. The zero-order valence-electron chi connectivity index (χ0n) is 11.5. The summed E-state index contributed by atoms with van der Waals surface area (Å²) in [5.74, 6) is 3.95. The summed E-state index contributed by atoms with van der Waals surface area (Å²) < 4.78 is 0. The molecular weight excluding hydrogens is 246 g/mol. The van der Waals surface area contributed by atoms with Crippen molar-refractivity contribution in [1.82, 2.24) is 5.32 Å². The molecule has 0 aromatic heterocycles. The molecule has 1 aliphatic carbocycles. The average Bonchev–Trinajstić information content (AvgIpc) is 2.70.